The van der Waals surface area contributed by atoms with Crippen molar-refractivity contribution in [2.75, 3.05) is 11.9 Å². The van der Waals surface area contributed by atoms with Crippen molar-refractivity contribution in [2.24, 2.45) is 0 Å². The monoisotopic (exact) mass is 444 g/mol. The summed E-state index contributed by atoms with van der Waals surface area (Å²) in [4.78, 5) is 51.3. The highest BCUT2D eigenvalue weighted by Gasteiger charge is 2.41. The van der Waals surface area contributed by atoms with Gasteiger partial charge in [0.1, 0.15) is 5.57 Å². The SMILES string of the molecule is Cc1cc(/C=C2\C(=O)N(C)C(=O)N(c3ccccc3)C2=O)c(C)n1-c1cccc([N+](=O)[O-])c1. The highest BCUT2D eigenvalue weighted by atomic mass is 16.6. The van der Waals surface area contributed by atoms with Crippen LogP contribution < -0.4 is 4.90 Å². The fourth-order valence-electron chi connectivity index (χ4n) is 3.88. The number of imide groups is 2. The van der Waals surface area contributed by atoms with Crippen molar-refractivity contribution in [1.29, 1.82) is 0 Å². The van der Waals surface area contributed by atoms with Crippen LogP contribution in [-0.4, -0.2) is 39.3 Å². The lowest BCUT2D eigenvalue weighted by Gasteiger charge is -2.31. The van der Waals surface area contributed by atoms with Gasteiger partial charge in [0.25, 0.3) is 17.5 Å². The Morgan fingerprint density at radius 2 is 1.55 bits per heavy atom. The Morgan fingerprint density at radius 1 is 0.879 bits per heavy atom. The van der Waals surface area contributed by atoms with Gasteiger partial charge in [-0.15, -0.1) is 0 Å². The summed E-state index contributed by atoms with van der Waals surface area (Å²) in [6, 6.07) is 15.6. The maximum atomic E-state index is 13.2. The van der Waals surface area contributed by atoms with Gasteiger partial charge in [-0.2, -0.15) is 0 Å². The molecule has 0 bridgehead atoms. The van der Waals surface area contributed by atoms with E-state index in [1.54, 1.807) is 60.0 Å². The number of amides is 4. The molecule has 1 fully saturated rings. The van der Waals surface area contributed by atoms with Gasteiger partial charge in [0.15, 0.2) is 0 Å². The van der Waals surface area contributed by atoms with Crippen molar-refractivity contribution in [3.8, 4) is 5.69 Å². The second-order valence-electron chi connectivity index (χ2n) is 7.62. The predicted octanol–water partition coefficient (Wildman–Crippen LogP) is 4.01. The van der Waals surface area contributed by atoms with Crippen LogP contribution in [0.2, 0.25) is 0 Å². The number of aryl methyl sites for hydroxylation is 1. The number of anilines is 1. The predicted molar refractivity (Wildman–Crippen MR) is 122 cm³/mol. The van der Waals surface area contributed by atoms with Gasteiger partial charge in [0.05, 0.1) is 16.3 Å². The summed E-state index contributed by atoms with van der Waals surface area (Å²) in [6.07, 6.45) is 1.46. The van der Waals surface area contributed by atoms with Crippen LogP contribution in [-0.2, 0) is 9.59 Å². The molecule has 1 aliphatic heterocycles. The number of barbiturate groups is 1. The summed E-state index contributed by atoms with van der Waals surface area (Å²) in [7, 11) is 1.33. The fourth-order valence-corrected chi connectivity index (χ4v) is 3.88. The zero-order valence-electron chi connectivity index (χ0n) is 18.2. The van der Waals surface area contributed by atoms with E-state index >= 15 is 0 Å². The molecule has 33 heavy (non-hydrogen) atoms. The minimum absolute atomic E-state index is 0.0452. The lowest BCUT2D eigenvalue weighted by molar-refractivity contribution is -0.384. The summed E-state index contributed by atoms with van der Waals surface area (Å²) in [6.45, 7) is 3.62. The average Bonchev–Trinajstić information content (AvgIpc) is 3.09. The lowest BCUT2D eigenvalue weighted by Crippen LogP contribution is -2.55. The second-order valence-corrected chi connectivity index (χ2v) is 7.62. The number of nitro benzene ring substituents is 1. The standard InChI is InChI=1S/C24H20N4O5/c1-15-12-17(16(2)26(15)19-10-7-11-20(14-19)28(32)33)13-21-22(29)25(3)24(31)27(23(21)30)18-8-5-4-6-9-18/h4-14H,1-3H3/b21-13+. The first-order chi connectivity index (χ1) is 15.7. The molecule has 0 atom stereocenters. The highest BCUT2D eigenvalue weighted by molar-refractivity contribution is 6.39. The van der Waals surface area contributed by atoms with Crippen molar-refractivity contribution in [1.82, 2.24) is 9.47 Å². The molecule has 0 aliphatic carbocycles. The molecule has 1 aromatic heterocycles. The minimum atomic E-state index is -0.726. The van der Waals surface area contributed by atoms with Gasteiger partial charge in [-0.05, 0) is 49.8 Å². The van der Waals surface area contributed by atoms with Gasteiger partial charge in [0.2, 0.25) is 0 Å². The van der Waals surface area contributed by atoms with Crippen LogP contribution in [0.1, 0.15) is 17.0 Å². The molecule has 1 aliphatic rings. The van der Waals surface area contributed by atoms with Crippen molar-refractivity contribution in [3.63, 3.8) is 0 Å². The third-order valence-electron chi connectivity index (χ3n) is 5.53. The number of benzene rings is 2. The van der Waals surface area contributed by atoms with Crippen LogP contribution in [0.5, 0.6) is 0 Å². The van der Waals surface area contributed by atoms with Gasteiger partial charge < -0.3 is 4.57 Å². The molecule has 0 N–H and O–H groups in total. The number of non-ortho nitro benzene ring substituents is 1. The van der Waals surface area contributed by atoms with Crippen LogP contribution in [0.3, 0.4) is 0 Å². The Morgan fingerprint density at radius 3 is 2.21 bits per heavy atom. The minimum Gasteiger partial charge on any atom is -0.318 e. The molecule has 0 radical (unpaired) electrons. The largest absolute Gasteiger partial charge is 0.338 e. The maximum Gasteiger partial charge on any atom is 0.338 e. The van der Waals surface area contributed by atoms with Crippen molar-refractivity contribution in [2.45, 2.75) is 13.8 Å². The fraction of sp³-hybridized carbons (Fsp3) is 0.125. The van der Waals surface area contributed by atoms with Crippen molar-refractivity contribution in [3.05, 3.63) is 93.3 Å². The Labute approximate surface area is 189 Å². The molecule has 0 saturated carbocycles. The Bertz CT molecular complexity index is 1340. The van der Waals surface area contributed by atoms with Gasteiger partial charge in [-0.1, -0.05) is 24.3 Å². The number of carbonyl (C=O) groups is 3. The van der Waals surface area contributed by atoms with E-state index in [0.29, 0.717) is 22.6 Å². The maximum absolute atomic E-state index is 13.2. The Balaban J connectivity index is 1.80. The molecule has 9 nitrogen and oxygen atoms in total. The number of nitrogens with zero attached hydrogens (tertiary/aromatic N) is 4. The molecule has 4 rings (SSSR count). The van der Waals surface area contributed by atoms with Gasteiger partial charge in [0, 0.05) is 30.6 Å². The zero-order chi connectivity index (χ0) is 23.9. The number of urea groups is 1. The molecule has 1 saturated heterocycles. The van der Waals surface area contributed by atoms with Gasteiger partial charge >= 0.3 is 6.03 Å². The first-order valence-electron chi connectivity index (χ1n) is 10.1. The van der Waals surface area contributed by atoms with Gasteiger partial charge in [-0.25, -0.2) is 9.69 Å². The Hall–Kier alpha value is -4.53. The number of nitro groups is 1. The van der Waals surface area contributed by atoms with E-state index < -0.39 is 22.8 Å². The molecular formula is C24H20N4O5. The van der Waals surface area contributed by atoms with Crippen LogP contribution in [0.15, 0.2) is 66.2 Å². The number of aromatic nitrogens is 1. The first-order valence-corrected chi connectivity index (χ1v) is 10.1. The van der Waals surface area contributed by atoms with Crippen LogP contribution in [0.4, 0.5) is 16.2 Å². The van der Waals surface area contributed by atoms with E-state index in [4.69, 9.17) is 0 Å². The quantitative estimate of drug-likeness (QED) is 0.262. The zero-order valence-corrected chi connectivity index (χ0v) is 18.2. The van der Waals surface area contributed by atoms with Crippen molar-refractivity contribution < 1.29 is 19.3 Å². The second kappa shape index (κ2) is 8.19. The van der Waals surface area contributed by atoms with E-state index in [2.05, 4.69) is 0 Å². The normalized spacial score (nSPS) is 15.5. The Kier molecular flexibility index (Phi) is 5.39. The summed E-state index contributed by atoms with van der Waals surface area (Å²) in [5.41, 5.74) is 2.79. The molecule has 4 amide bonds. The van der Waals surface area contributed by atoms with E-state index in [0.717, 1.165) is 15.5 Å². The highest BCUT2D eigenvalue weighted by Crippen LogP contribution is 2.28. The third-order valence-corrected chi connectivity index (χ3v) is 5.53. The number of likely N-dealkylation sites (N-methyl/N-ethyl adjacent to an activating group) is 1. The van der Waals surface area contributed by atoms with Gasteiger partial charge in [-0.3, -0.25) is 24.6 Å². The summed E-state index contributed by atoms with van der Waals surface area (Å²) >= 11 is 0. The first kappa shape index (κ1) is 21.7. The van der Waals surface area contributed by atoms with Crippen LogP contribution in [0, 0.1) is 24.0 Å². The number of hydrogen-bond donors (Lipinski definition) is 0. The van der Waals surface area contributed by atoms with E-state index in [1.165, 1.54) is 25.3 Å². The van der Waals surface area contributed by atoms with E-state index in [1.807, 2.05) is 6.92 Å². The molecule has 166 valence electrons. The van der Waals surface area contributed by atoms with Crippen LogP contribution in [0.25, 0.3) is 11.8 Å². The van der Waals surface area contributed by atoms with E-state index in [-0.39, 0.29) is 11.3 Å². The molecule has 2 heterocycles. The number of para-hydroxylation sites is 1. The summed E-state index contributed by atoms with van der Waals surface area (Å²) in [5, 5.41) is 11.2. The molecular weight excluding hydrogens is 424 g/mol. The molecule has 0 spiro atoms. The molecule has 9 heteroatoms. The van der Waals surface area contributed by atoms with Crippen LogP contribution >= 0.6 is 0 Å². The third kappa shape index (κ3) is 3.69. The molecule has 0 unspecified atom stereocenters. The number of carbonyl (C=O) groups excluding carboxylic acids is 3. The topological polar surface area (TPSA) is 106 Å². The van der Waals surface area contributed by atoms with E-state index in [9.17, 15) is 24.5 Å². The molecule has 2 aromatic carbocycles. The smallest absolute Gasteiger partial charge is 0.318 e. The number of rotatable bonds is 4. The average molecular weight is 444 g/mol. The summed E-state index contributed by atoms with van der Waals surface area (Å²) in [5.74, 6) is -1.41. The number of hydrogen-bond acceptors (Lipinski definition) is 5. The summed E-state index contributed by atoms with van der Waals surface area (Å²) < 4.78 is 1.81. The lowest BCUT2D eigenvalue weighted by atomic mass is 10.1. The molecule has 3 aromatic rings. The van der Waals surface area contributed by atoms with Crippen molar-refractivity contribution >= 4 is 35.3 Å².